The SMILES string of the molecule is Cc1c(CC(N)=O)c2ccccc2n1C(=O)c1ccccc1. The summed E-state index contributed by atoms with van der Waals surface area (Å²) >= 11 is 0. The number of benzene rings is 2. The van der Waals surface area contributed by atoms with Gasteiger partial charge in [0, 0.05) is 16.6 Å². The third kappa shape index (κ3) is 2.29. The van der Waals surface area contributed by atoms with Crippen LogP contribution in [-0.2, 0) is 11.2 Å². The number of primary amides is 1. The predicted molar refractivity (Wildman–Crippen MR) is 85.7 cm³/mol. The monoisotopic (exact) mass is 292 g/mol. The third-order valence-corrected chi connectivity index (χ3v) is 3.82. The maximum atomic E-state index is 12.8. The first-order valence-corrected chi connectivity index (χ1v) is 7.06. The number of carbonyl (C=O) groups excluding carboxylic acids is 2. The van der Waals surface area contributed by atoms with Crippen molar-refractivity contribution < 1.29 is 9.59 Å². The van der Waals surface area contributed by atoms with Crippen molar-refractivity contribution in [2.24, 2.45) is 5.73 Å². The Bertz CT molecular complexity index is 863. The maximum absolute atomic E-state index is 12.8. The normalized spacial score (nSPS) is 10.8. The lowest BCUT2D eigenvalue weighted by molar-refractivity contribution is -0.117. The first-order chi connectivity index (χ1) is 10.6. The minimum atomic E-state index is -0.404. The molecule has 0 atom stereocenters. The predicted octanol–water partition coefficient (Wildman–Crippen LogP) is 2.67. The number of nitrogens with zero attached hydrogens (tertiary/aromatic N) is 1. The molecule has 0 radical (unpaired) electrons. The van der Waals surface area contributed by atoms with Crippen LogP contribution in [0.2, 0.25) is 0 Å². The quantitative estimate of drug-likeness (QED) is 0.806. The molecule has 0 saturated carbocycles. The molecule has 0 aliphatic rings. The first-order valence-electron chi connectivity index (χ1n) is 7.06. The van der Waals surface area contributed by atoms with Gasteiger partial charge in [-0.15, -0.1) is 0 Å². The van der Waals surface area contributed by atoms with Crippen LogP contribution in [0.1, 0.15) is 21.6 Å². The molecule has 3 rings (SSSR count). The summed E-state index contributed by atoms with van der Waals surface area (Å²) in [5, 5.41) is 0.892. The van der Waals surface area contributed by atoms with Crippen molar-refractivity contribution in [2.45, 2.75) is 13.3 Å². The molecule has 2 aromatic carbocycles. The molecule has 0 saturated heterocycles. The molecule has 0 aliphatic heterocycles. The van der Waals surface area contributed by atoms with E-state index < -0.39 is 5.91 Å². The van der Waals surface area contributed by atoms with E-state index in [1.807, 2.05) is 49.4 Å². The number of rotatable bonds is 3. The van der Waals surface area contributed by atoms with E-state index in [1.165, 1.54) is 0 Å². The lowest BCUT2D eigenvalue weighted by Gasteiger charge is -2.07. The average molecular weight is 292 g/mol. The van der Waals surface area contributed by atoms with Gasteiger partial charge in [0.2, 0.25) is 5.91 Å². The van der Waals surface area contributed by atoms with E-state index in [4.69, 9.17) is 5.73 Å². The summed E-state index contributed by atoms with van der Waals surface area (Å²) in [7, 11) is 0. The highest BCUT2D eigenvalue weighted by atomic mass is 16.2. The molecule has 110 valence electrons. The van der Waals surface area contributed by atoms with Gasteiger partial charge >= 0.3 is 0 Å². The van der Waals surface area contributed by atoms with Crippen LogP contribution in [0.5, 0.6) is 0 Å². The Morgan fingerprint density at radius 1 is 1.00 bits per heavy atom. The van der Waals surface area contributed by atoms with E-state index in [-0.39, 0.29) is 12.3 Å². The van der Waals surface area contributed by atoms with Crippen molar-refractivity contribution in [1.29, 1.82) is 0 Å². The molecule has 1 aromatic heterocycles. The zero-order valence-corrected chi connectivity index (χ0v) is 12.2. The number of fused-ring (bicyclic) bond motifs is 1. The number of para-hydroxylation sites is 1. The highest BCUT2D eigenvalue weighted by molar-refractivity contribution is 6.04. The summed E-state index contributed by atoms with van der Waals surface area (Å²) in [6.07, 6.45) is 0.126. The molecule has 2 N–H and O–H groups in total. The second-order valence-electron chi connectivity index (χ2n) is 5.23. The Labute approximate surface area is 128 Å². The standard InChI is InChI=1S/C18H16N2O2/c1-12-15(11-17(19)21)14-9-5-6-10-16(14)20(12)18(22)13-7-3-2-4-8-13/h2-10H,11H2,1H3,(H2,19,21). The largest absolute Gasteiger partial charge is 0.369 e. The van der Waals surface area contributed by atoms with E-state index in [2.05, 4.69) is 0 Å². The fourth-order valence-electron chi connectivity index (χ4n) is 2.80. The maximum Gasteiger partial charge on any atom is 0.262 e. The van der Waals surface area contributed by atoms with E-state index in [9.17, 15) is 9.59 Å². The molecule has 4 nitrogen and oxygen atoms in total. The Morgan fingerprint density at radius 3 is 2.32 bits per heavy atom. The van der Waals surface area contributed by atoms with Gasteiger partial charge in [-0.25, -0.2) is 0 Å². The molecule has 1 heterocycles. The molecule has 0 aliphatic carbocycles. The third-order valence-electron chi connectivity index (χ3n) is 3.82. The number of aromatic nitrogens is 1. The summed E-state index contributed by atoms with van der Waals surface area (Å²) in [5.41, 5.74) is 8.32. The van der Waals surface area contributed by atoms with Crippen LogP contribution in [0.25, 0.3) is 10.9 Å². The van der Waals surface area contributed by atoms with Crippen molar-refractivity contribution in [3.63, 3.8) is 0 Å². The van der Waals surface area contributed by atoms with Crippen LogP contribution < -0.4 is 5.73 Å². The molecule has 1 amide bonds. The van der Waals surface area contributed by atoms with Crippen LogP contribution in [0.3, 0.4) is 0 Å². The van der Waals surface area contributed by atoms with Gasteiger partial charge in [0.05, 0.1) is 11.9 Å². The van der Waals surface area contributed by atoms with Gasteiger partial charge in [-0.2, -0.15) is 0 Å². The number of hydrogen-bond acceptors (Lipinski definition) is 2. The molecule has 22 heavy (non-hydrogen) atoms. The molecule has 3 aromatic rings. The average Bonchev–Trinajstić information content (AvgIpc) is 2.80. The van der Waals surface area contributed by atoms with E-state index in [0.717, 1.165) is 22.2 Å². The minimum absolute atomic E-state index is 0.106. The van der Waals surface area contributed by atoms with Crippen molar-refractivity contribution >= 4 is 22.7 Å². The Kier molecular flexibility index (Phi) is 3.51. The summed E-state index contributed by atoms with van der Waals surface area (Å²) in [6.45, 7) is 1.85. The number of nitrogens with two attached hydrogens (primary N) is 1. The highest BCUT2D eigenvalue weighted by Crippen LogP contribution is 2.27. The number of carbonyl (C=O) groups is 2. The summed E-state index contributed by atoms with van der Waals surface area (Å²) in [6, 6.07) is 16.7. The van der Waals surface area contributed by atoms with Gasteiger partial charge in [-0.3, -0.25) is 14.2 Å². The van der Waals surface area contributed by atoms with Crippen LogP contribution in [0.4, 0.5) is 0 Å². The van der Waals surface area contributed by atoms with Crippen LogP contribution in [0, 0.1) is 6.92 Å². The Hall–Kier alpha value is -2.88. The van der Waals surface area contributed by atoms with Crippen LogP contribution in [-0.4, -0.2) is 16.4 Å². The zero-order chi connectivity index (χ0) is 15.7. The molecule has 0 bridgehead atoms. The lowest BCUT2D eigenvalue weighted by atomic mass is 10.1. The van der Waals surface area contributed by atoms with Crippen LogP contribution >= 0.6 is 0 Å². The first kappa shape index (κ1) is 14.1. The summed E-state index contributed by atoms with van der Waals surface area (Å²) in [4.78, 5) is 24.2. The van der Waals surface area contributed by atoms with E-state index in [0.29, 0.717) is 5.56 Å². The fourth-order valence-corrected chi connectivity index (χ4v) is 2.80. The molecule has 0 fully saturated rings. The summed E-state index contributed by atoms with van der Waals surface area (Å²) in [5.74, 6) is -0.511. The molecule has 0 unspecified atom stereocenters. The van der Waals surface area contributed by atoms with E-state index in [1.54, 1.807) is 16.7 Å². The van der Waals surface area contributed by atoms with Crippen molar-refractivity contribution in [2.75, 3.05) is 0 Å². The number of amides is 1. The second-order valence-corrected chi connectivity index (χ2v) is 5.23. The van der Waals surface area contributed by atoms with Crippen molar-refractivity contribution in [1.82, 2.24) is 4.57 Å². The molecular weight excluding hydrogens is 276 g/mol. The van der Waals surface area contributed by atoms with Gasteiger partial charge in [-0.1, -0.05) is 36.4 Å². The number of hydrogen-bond donors (Lipinski definition) is 1. The minimum Gasteiger partial charge on any atom is -0.369 e. The lowest BCUT2D eigenvalue weighted by Crippen LogP contribution is -2.16. The Balaban J connectivity index is 2.24. The highest BCUT2D eigenvalue weighted by Gasteiger charge is 2.20. The van der Waals surface area contributed by atoms with Gasteiger partial charge in [0.15, 0.2) is 0 Å². The fraction of sp³-hybridized carbons (Fsp3) is 0.111. The second kappa shape index (κ2) is 5.48. The molecule has 0 spiro atoms. The Morgan fingerprint density at radius 2 is 1.64 bits per heavy atom. The van der Waals surface area contributed by atoms with Gasteiger partial charge in [0.25, 0.3) is 5.91 Å². The topological polar surface area (TPSA) is 65.1 Å². The van der Waals surface area contributed by atoms with Gasteiger partial charge < -0.3 is 5.73 Å². The summed E-state index contributed by atoms with van der Waals surface area (Å²) < 4.78 is 1.66. The van der Waals surface area contributed by atoms with E-state index >= 15 is 0 Å². The van der Waals surface area contributed by atoms with Crippen LogP contribution in [0.15, 0.2) is 54.6 Å². The molecular formula is C18H16N2O2. The molecule has 4 heteroatoms. The smallest absolute Gasteiger partial charge is 0.262 e. The zero-order valence-electron chi connectivity index (χ0n) is 12.2. The van der Waals surface area contributed by atoms with Crippen molar-refractivity contribution in [3.05, 3.63) is 71.4 Å². The van der Waals surface area contributed by atoms with Gasteiger partial charge in [-0.05, 0) is 30.7 Å². The van der Waals surface area contributed by atoms with Gasteiger partial charge in [0.1, 0.15) is 0 Å². The van der Waals surface area contributed by atoms with Crippen molar-refractivity contribution in [3.8, 4) is 0 Å².